The molecule has 1 aromatic heterocycles. The molecule has 1 aliphatic rings. The fourth-order valence-electron chi connectivity index (χ4n) is 1.62. The number of carboxylic acids is 1. The van der Waals surface area contributed by atoms with Crippen LogP contribution in [0.5, 0.6) is 0 Å². The van der Waals surface area contributed by atoms with Crippen molar-refractivity contribution in [3.05, 3.63) is 23.9 Å². The third-order valence-electron chi connectivity index (χ3n) is 2.73. The molecule has 1 saturated carbocycles. The van der Waals surface area contributed by atoms with Crippen molar-refractivity contribution in [2.45, 2.75) is 25.8 Å². The molecule has 1 atom stereocenters. The van der Waals surface area contributed by atoms with Crippen molar-refractivity contribution in [2.24, 2.45) is 5.92 Å². The summed E-state index contributed by atoms with van der Waals surface area (Å²) < 4.78 is 0. The summed E-state index contributed by atoms with van der Waals surface area (Å²) in [7, 11) is 0. The SMILES string of the molecule is CC(Nc1ncccc1C(=O)O)C1CC1. The lowest BCUT2D eigenvalue weighted by atomic mass is 10.2. The minimum Gasteiger partial charge on any atom is -0.478 e. The van der Waals surface area contributed by atoms with E-state index in [1.807, 2.05) is 0 Å². The summed E-state index contributed by atoms with van der Waals surface area (Å²) in [5.74, 6) is 0.214. The van der Waals surface area contributed by atoms with Gasteiger partial charge in [-0.2, -0.15) is 0 Å². The van der Waals surface area contributed by atoms with E-state index in [0.29, 0.717) is 17.8 Å². The van der Waals surface area contributed by atoms with Crippen LogP contribution in [0.4, 0.5) is 5.82 Å². The molecule has 15 heavy (non-hydrogen) atoms. The second-order valence-electron chi connectivity index (χ2n) is 3.98. The number of hydrogen-bond donors (Lipinski definition) is 2. The van der Waals surface area contributed by atoms with Crippen molar-refractivity contribution < 1.29 is 9.90 Å². The average molecular weight is 206 g/mol. The van der Waals surface area contributed by atoms with Crippen LogP contribution < -0.4 is 5.32 Å². The maximum atomic E-state index is 10.9. The summed E-state index contributed by atoms with van der Waals surface area (Å²) in [4.78, 5) is 15.0. The van der Waals surface area contributed by atoms with Gasteiger partial charge in [0, 0.05) is 12.2 Å². The molecule has 4 heteroatoms. The fourth-order valence-corrected chi connectivity index (χ4v) is 1.62. The maximum Gasteiger partial charge on any atom is 0.339 e. The Balaban J connectivity index is 2.15. The van der Waals surface area contributed by atoms with Gasteiger partial charge < -0.3 is 10.4 Å². The molecule has 1 heterocycles. The fraction of sp³-hybridized carbons (Fsp3) is 0.455. The highest BCUT2D eigenvalue weighted by atomic mass is 16.4. The van der Waals surface area contributed by atoms with Crippen LogP contribution in [0.2, 0.25) is 0 Å². The number of carboxylic acid groups (broad SMARTS) is 1. The molecular formula is C11H14N2O2. The zero-order valence-electron chi connectivity index (χ0n) is 8.60. The zero-order valence-corrected chi connectivity index (χ0v) is 8.60. The third kappa shape index (κ3) is 2.26. The number of anilines is 1. The summed E-state index contributed by atoms with van der Waals surface area (Å²) in [6.45, 7) is 2.07. The molecule has 1 aromatic rings. The highest BCUT2D eigenvalue weighted by Crippen LogP contribution is 2.34. The van der Waals surface area contributed by atoms with E-state index in [1.165, 1.54) is 12.8 Å². The Morgan fingerprint density at radius 3 is 3.00 bits per heavy atom. The molecular weight excluding hydrogens is 192 g/mol. The first-order valence-electron chi connectivity index (χ1n) is 5.13. The van der Waals surface area contributed by atoms with Gasteiger partial charge in [-0.25, -0.2) is 9.78 Å². The smallest absolute Gasteiger partial charge is 0.339 e. The third-order valence-corrected chi connectivity index (χ3v) is 2.73. The predicted octanol–water partition coefficient (Wildman–Crippen LogP) is 1.99. The lowest BCUT2D eigenvalue weighted by Gasteiger charge is -2.14. The highest BCUT2D eigenvalue weighted by Gasteiger charge is 2.28. The van der Waals surface area contributed by atoms with Gasteiger partial charge in [-0.15, -0.1) is 0 Å². The number of nitrogens with one attached hydrogen (secondary N) is 1. The predicted molar refractivity (Wildman–Crippen MR) is 57.0 cm³/mol. The molecule has 1 fully saturated rings. The Bertz CT molecular complexity index is 375. The molecule has 0 radical (unpaired) electrons. The van der Waals surface area contributed by atoms with Crippen LogP contribution in [-0.4, -0.2) is 22.1 Å². The van der Waals surface area contributed by atoms with Crippen LogP contribution >= 0.6 is 0 Å². The average Bonchev–Trinajstić information content (AvgIpc) is 3.01. The lowest BCUT2D eigenvalue weighted by molar-refractivity contribution is 0.0697. The minimum absolute atomic E-state index is 0.241. The van der Waals surface area contributed by atoms with E-state index in [2.05, 4.69) is 17.2 Å². The van der Waals surface area contributed by atoms with E-state index < -0.39 is 5.97 Å². The van der Waals surface area contributed by atoms with Crippen LogP contribution in [0.1, 0.15) is 30.1 Å². The first kappa shape index (κ1) is 9.96. The molecule has 80 valence electrons. The monoisotopic (exact) mass is 206 g/mol. The van der Waals surface area contributed by atoms with Crippen molar-refractivity contribution in [1.82, 2.24) is 4.98 Å². The Morgan fingerprint density at radius 2 is 2.40 bits per heavy atom. The Morgan fingerprint density at radius 1 is 1.67 bits per heavy atom. The first-order chi connectivity index (χ1) is 7.18. The van der Waals surface area contributed by atoms with Gasteiger partial charge in [0.05, 0.1) is 0 Å². The van der Waals surface area contributed by atoms with E-state index in [-0.39, 0.29) is 5.56 Å². The highest BCUT2D eigenvalue weighted by molar-refractivity contribution is 5.93. The van der Waals surface area contributed by atoms with Gasteiger partial charge in [-0.05, 0) is 37.8 Å². The van der Waals surface area contributed by atoms with Gasteiger partial charge >= 0.3 is 5.97 Å². The van der Waals surface area contributed by atoms with Crippen LogP contribution in [-0.2, 0) is 0 Å². The number of aromatic nitrogens is 1. The van der Waals surface area contributed by atoms with Gasteiger partial charge in [0.2, 0.25) is 0 Å². The van der Waals surface area contributed by atoms with E-state index >= 15 is 0 Å². The standard InChI is InChI=1S/C11H14N2O2/c1-7(8-4-5-8)13-10-9(11(14)15)3-2-6-12-10/h2-3,6-8H,4-5H2,1H3,(H,12,13)(H,14,15). The lowest BCUT2D eigenvalue weighted by Crippen LogP contribution is -2.20. The summed E-state index contributed by atoms with van der Waals surface area (Å²) in [5, 5.41) is 12.1. The number of rotatable bonds is 4. The second-order valence-corrected chi connectivity index (χ2v) is 3.98. The number of hydrogen-bond acceptors (Lipinski definition) is 3. The summed E-state index contributed by atoms with van der Waals surface area (Å²) >= 11 is 0. The second kappa shape index (κ2) is 3.88. The molecule has 0 saturated heterocycles. The van der Waals surface area contributed by atoms with E-state index in [9.17, 15) is 4.79 Å². The van der Waals surface area contributed by atoms with Crippen molar-refractivity contribution in [3.8, 4) is 0 Å². The summed E-state index contributed by atoms with van der Waals surface area (Å²) in [5.41, 5.74) is 0.241. The molecule has 1 aliphatic carbocycles. The number of pyridine rings is 1. The first-order valence-corrected chi connectivity index (χ1v) is 5.13. The van der Waals surface area contributed by atoms with Crippen molar-refractivity contribution >= 4 is 11.8 Å². The van der Waals surface area contributed by atoms with Gasteiger partial charge in [0.15, 0.2) is 0 Å². The Labute approximate surface area is 88.3 Å². The van der Waals surface area contributed by atoms with E-state index in [1.54, 1.807) is 18.3 Å². The van der Waals surface area contributed by atoms with E-state index in [4.69, 9.17) is 5.11 Å². The quantitative estimate of drug-likeness (QED) is 0.790. The van der Waals surface area contributed by atoms with Gasteiger partial charge in [-0.3, -0.25) is 0 Å². The number of nitrogens with zero attached hydrogens (tertiary/aromatic N) is 1. The molecule has 0 bridgehead atoms. The largest absolute Gasteiger partial charge is 0.478 e. The molecule has 0 aliphatic heterocycles. The van der Waals surface area contributed by atoms with E-state index in [0.717, 1.165) is 0 Å². The normalized spacial score (nSPS) is 17.1. The molecule has 0 spiro atoms. The minimum atomic E-state index is -0.936. The van der Waals surface area contributed by atoms with Crippen LogP contribution in [0, 0.1) is 5.92 Å². The van der Waals surface area contributed by atoms with Crippen LogP contribution in [0.25, 0.3) is 0 Å². The molecule has 2 rings (SSSR count). The molecule has 1 unspecified atom stereocenters. The summed E-state index contributed by atoms with van der Waals surface area (Å²) in [6, 6.07) is 3.51. The molecule has 2 N–H and O–H groups in total. The Kier molecular flexibility index (Phi) is 2.58. The van der Waals surface area contributed by atoms with Gasteiger partial charge in [0.25, 0.3) is 0 Å². The van der Waals surface area contributed by atoms with Gasteiger partial charge in [-0.1, -0.05) is 0 Å². The van der Waals surface area contributed by atoms with Crippen molar-refractivity contribution in [3.63, 3.8) is 0 Å². The van der Waals surface area contributed by atoms with Crippen LogP contribution in [0.3, 0.4) is 0 Å². The molecule has 0 aromatic carbocycles. The summed E-state index contributed by atoms with van der Waals surface area (Å²) in [6.07, 6.45) is 4.06. The number of carbonyl (C=O) groups is 1. The maximum absolute atomic E-state index is 10.9. The Hall–Kier alpha value is -1.58. The number of aromatic carboxylic acids is 1. The van der Waals surface area contributed by atoms with Gasteiger partial charge in [0.1, 0.15) is 11.4 Å². The topological polar surface area (TPSA) is 62.2 Å². The zero-order chi connectivity index (χ0) is 10.8. The van der Waals surface area contributed by atoms with Crippen molar-refractivity contribution in [1.29, 1.82) is 0 Å². The molecule has 0 amide bonds. The molecule has 4 nitrogen and oxygen atoms in total. The van der Waals surface area contributed by atoms with Crippen molar-refractivity contribution in [2.75, 3.05) is 5.32 Å². The van der Waals surface area contributed by atoms with Crippen LogP contribution in [0.15, 0.2) is 18.3 Å².